The summed E-state index contributed by atoms with van der Waals surface area (Å²) in [6, 6.07) is 2.04. The number of anilines is 1. The smallest absolute Gasteiger partial charge is 0.221 e. The van der Waals surface area contributed by atoms with Crippen molar-refractivity contribution in [2.45, 2.75) is 39.5 Å². The van der Waals surface area contributed by atoms with Crippen molar-refractivity contribution >= 4 is 17.2 Å². The van der Waals surface area contributed by atoms with Crippen molar-refractivity contribution in [3.63, 3.8) is 0 Å². The molecule has 6 nitrogen and oxygen atoms in total. The van der Waals surface area contributed by atoms with Gasteiger partial charge in [0, 0.05) is 37.3 Å². The maximum Gasteiger partial charge on any atom is 0.221 e. The van der Waals surface area contributed by atoms with Crippen LogP contribution in [0.1, 0.15) is 39.8 Å². The van der Waals surface area contributed by atoms with E-state index < -0.39 is 0 Å². The minimum absolute atomic E-state index is 0.00962. The van der Waals surface area contributed by atoms with Gasteiger partial charge in [-0.1, -0.05) is 20.8 Å². The van der Waals surface area contributed by atoms with Crippen LogP contribution in [0.4, 0.5) is 5.82 Å². The fourth-order valence-electron chi connectivity index (χ4n) is 2.00. The molecule has 0 atom stereocenters. The van der Waals surface area contributed by atoms with Crippen LogP contribution in [-0.2, 0) is 10.2 Å². The Morgan fingerprint density at radius 3 is 2.81 bits per heavy atom. The topological polar surface area (TPSA) is 71.3 Å². The second-order valence-corrected chi connectivity index (χ2v) is 6.02. The van der Waals surface area contributed by atoms with Crippen LogP contribution < -0.4 is 10.6 Å². The number of aromatic nitrogens is 3. The van der Waals surface area contributed by atoms with Crippen molar-refractivity contribution in [2.24, 2.45) is 0 Å². The van der Waals surface area contributed by atoms with Gasteiger partial charge in [0.15, 0.2) is 5.82 Å². The van der Waals surface area contributed by atoms with E-state index in [1.807, 2.05) is 23.7 Å². The molecular weight excluding hydrogens is 266 g/mol. The molecule has 2 aromatic heterocycles. The number of hydrogen-bond donors (Lipinski definition) is 2. The van der Waals surface area contributed by atoms with E-state index in [1.54, 1.807) is 6.20 Å². The molecule has 2 rings (SSSR count). The van der Waals surface area contributed by atoms with Gasteiger partial charge in [-0.15, -0.1) is 0 Å². The number of amides is 1. The molecule has 0 unspecified atom stereocenters. The molecule has 114 valence electrons. The molecule has 0 radical (unpaired) electrons. The van der Waals surface area contributed by atoms with Crippen LogP contribution in [-0.4, -0.2) is 33.6 Å². The average molecular weight is 289 g/mol. The number of fused-ring (bicyclic) bond motifs is 1. The van der Waals surface area contributed by atoms with Gasteiger partial charge >= 0.3 is 0 Å². The Morgan fingerprint density at radius 1 is 1.38 bits per heavy atom. The van der Waals surface area contributed by atoms with Crippen LogP contribution in [0.5, 0.6) is 0 Å². The molecule has 2 N–H and O–H groups in total. The van der Waals surface area contributed by atoms with Crippen molar-refractivity contribution in [1.29, 1.82) is 0 Å². The largest absolute Gasteiger partial charge is 0.368 e. The monoisotopic (exact) mass is 289 g/mol. The second-order valence-electron chi connectivity index (χ2n) is 6.02. The zero-order valence-corrected chi connectivity index (χ0v) is 13.1. The summed E-state index contributed by atoms with van der Waals surface area (Å²) in [6.07, 6.45) is 3.97. The molecule has 2 heterocycles. The third-order valence-corrected chi connectivity index (χ3v) is 3.18. The maximum absolute atomic E-state index is 11.4. The van der Waals surface area contributed by atoms with E-state index in [0.717, 1.165) is 17.0 Å². The van der Waals surface area contributed by atoms with E-state index in [2.05, 4.69) is 41.5 Å². The molecule has 0 bridgehead atoms. The molecule has 0 aliphatic carbocycles. The lowest BCUT2D eigenvalue weighted by Gasteiger charge is -2.13. The number of carbonyl (C=O) groups is 1. The van der Waals surface area contributed by atoms with Crippen molar-refractivity contribution in [3.05, 3.63) is 24.2 Å². The van der Waals surface area contributed by atoms with Crippen molar-refractivity contribution in [1.82, 2.24) is 19.9 Å². The lowest BCUT2D eigenvalue weighted by Crippen LogP contribution is -2.24. The van der Waals surface area contributed by atoms with Crippen LogP contribution in [0.3, 0.4) is 0 Å². The highest BCUT2D eigenvalue weighted by atomic mass is 16.1. The number of nitrogens with zero attached hydrogens (tertiary/aromatic N) is 3. The van der Waals surface area contributed by atoms with Gasteiger partial charge in [0.2, 0.25) is 5.91 Å². The first-order valence-electron chi connectivity index (χ1n) is 7.27. The van der Waals surface area contributed by atoms with Crippen molar-refractivity contribution in [2.75, 3.05) is 18.4 Å². The van der Waals surface area contributed by atoms with E-state index in [4.69, 9.17) is 0 Å². The Morgan fingerprint density at radius 2 is 2.14 bits per heavy atom. The summed E-state index contributed by atoms with van der Waals surface area (Å²) in [5.74, 6) is 0.797. The third kappa shape index (κ3) is 3.71. The van der Waals surface area contributed by atoms with Gasteiger partial charge < -0.3 is 10.6 Å². The summed E-state index contributed by atoms with van der Waals surface area (Å²) in [6.45, 7) is 9.51. The zero-order chi connectivity index (χ0) is 15.5. The van der Waals surface area contributed by atoms with Crippen molar-refractivity contribution < 1.29 is 4.79 Å². The van der Waals surface area contributed by atoms with Crippen LogP contribution in [0.2, 0.25) is 0 Å². The second kappa shape index (κ2) is 6.11. The molecular formula is C15H23N5O. The maximum atomic E-state index is 11.4. The molecule has 1 amide bonds. The zero-order valence-electron chi connectivity index (χ0n) is 13.1. The Kier molecular flexibility index (Phi) is 4.45. The van der Waals surface area contributed by atoms with E-state index >= 15 is 0 Å². The molecule has 21 heavy (non-hydrogen) atoms. The molecule has 0 saturated carbocycles. The van der Waals surface area contributed by atoms with Gasteiger partial charge in [-0.05, 0) is 13.0 Å². The normalized spacial score (nSPS) is 11.6. The minimum atomic E-state index is -0.00962. The van der Waals surface area contributed by atoms with E-state index in [-0.39, 0.29) is 11.3 Å². The Balaban J connectivity index is 2.13. The van der Waals surface area contributed by atoms with Crippen LogP contribution >= 0.6 is 0 Å². The molecule has 0 saturated heterocycles. The van der Waals surface area contributed by atoms with Gasteiger partial charge in [-0.2, -0.15) is 5.10 Å². The number of rotatable bonds is 5. The van der Waals surface area contributed by atoms with Crippen LogP contribution in [0.25, 0.3) is 5.52 Å². The summed E-state index contributed by atoms with van der Waals surface area (Å²) >= 11 is 0. The summed E-state index contributed by atoms with van der Waals surface area (Å²) in [4.78, 5) is 15.8. The molecule has 0 aromatic carbocycles. The highest BCUT2D eigenvalue weighted by molar-refractivity contribution is 5.76. The van der Waals surface area contributed by atoms with Crippen LogP contribution in [0, 0.1) is 0 Å². The molecule has 0 aliphatic rings. The van der Waals surface area contributed by atoms with Crippen molar-refractivity contribution in [3.8, 4) is 0 Å². The Labute approximate surface area is 125 Å². The Hall–Kier alpha value is -2.11. The summed E-state index contributed by atoms with van der Waals surface area (Å²) < 4.78 is 1.82. The number of carbonyl (C=O) groups excluding carboxylic acids is 1. The number of hydrogen-bond acceptors (Lipinski definition) is 4. The average Bonchev–Trinajstić information content (AvgIpc) is 2.84. The summed E-state index contributed by atoms with van der Waals surface area (Å²) in [7, 11) is 0. The van der Waals surface area contributed by atoms with E-state index in [9.17, 15) is 4.79 Å². The van der Waals surface area contributed by atoms with Gasteiger partial charge in [-0.25, -0.2) is 9.50 Å². The molecule has 0 fully saturated rings. The first kappa shape index (κ1) is 15.3. The minimum Gasteiger partial charge on any atom is -0.368 e. The lowest BCUT2D eigenvalue weighted by molar-refractivity contribution is -0.120. The predicted octanol–water partition coefficient (Wildman–Crippen LogP) is 1.96. The summed E-state index contributed by atoms with van der Waals surface area (Å²) in [5.41, 5.74) is 1.94. The predicted molar refractivity (Wildman–Crippen MR) is 83.5 cm³/mol. The first-order valence-corrected chi connectivity index (χ1v) is 7.27. The van der Waals surface area contributed by atoms with Gasteiger partial charge in [0.25, 0.3) is 0 Å². The fraction of sp³-hybridized carbons (Fsp3) is 0.533. The first-order chi connectivity index (χ1) is 9.91. The van der Waals surface area contributed by atoms with Gasteiger partial charge in [0.1, 0.15) is 5.52 Å². The summed E-state index contributed by atoms with van der Waals surface area (Å²) in [5, 5.41) is 10.6. The number of nitrogens with one attached hydrogen (secondary N) is 2. The molecule has 0 aliphatic heterocycles. The highest BCUT2D eigenvalue weighted by Crippen LogP contribution is 2.24. The van der Waals surface area contributed by atoms with Gasteiger partial charge in [-0.3, -0.25) is 4.79 Å². The van der Waals surface area contributed by atoms with E-state index in [0.29, 0.717) is 19.5 Å². The van der Waals surface area contributed by atoms with Crippen LogP contribution in [0.15, 0.2) is 18.5 Å². The Bertz CT molecular complexity index is 627. The lowest BCUT2D eigenvalue weighted by atomic mass is 9.92. The molecule has 2 aromatic rings. The van der Waals surface area contributed by atoms with E-state index in [1.165, 1.54) is 0 Å². The fourth-order valence-corrected chi connectivity index (χ4v) is 2.00. The quantitative estimate of drug-likeness (QED) is 0.882. The molecule has 6 heteroatoms. The highest BCUT2D eigenvalue weighted by Gasteiger charge is 2.19. The SMILES string of the molecule is CCNC(=O)CCNc1nccn2nc(C(C)(C)C)cc12. The van der Waals surface area contributed by atoms with Gasteiger partial charge in [0.05, 0.1) is 5.69 Å². The third-order valence-electron chi connectivity index (χ3n) is 3.18. The standard InChI is InChI=1S/C15H23N5O/c1-5-16-13(21)6-7-17-14-11-10-12(15(2,3)4)19-20(11)9-8-18-14/h8-10H,5-7H2,1-4H3,(H,16,21)(H,17,18). The molecule has 0 spiro atoms.